The molecule has 0 heterocycles. The number of hydrogen-bond acceptors (Lipinski definition) is 8. The third-order valence-electron chi connectivity index (χ3n) is 0. The molecule has 0 rings (SSSR count). The van der Waals surface area contributed by atoms with Gasteiger partial charge in [-0.05, 0) is 0 Å². The van der Waals surface area contributed by atoms with Crippen LogP contribution in [0.25, 0.3) is 0 Å². The van der Waals surface area contributed by atoms with Crippen LogP contribution in [0.1, 0.15) is 0 Å². The van der Waals surface area contributed by atoms with Gasteiger partial charge in [0.1, 0.15) is 0 Å². The SMILES string of the molecule is O=S(=O)([O-])[O-].O=S(=O)([O-])[O-].[Cu+2].[I-].[K+].[Mg+2]. The number of rotatable bonds is 0. The van der Waals surface area contributed by atoms with Gasteiger partial charge in [0.15, 0.2) is 0 Å². The Bertz CT molecular complexity index is 224. The van der Waals surface area contributed by atoms with Crippen LogP contribution in [0.2, 0.25) is 0 Å². The molecule has 0 spiro atoms. The van der Waals surface area contributed by atoms with E-state index in [1.54, 1.807) is 0 Å². The maximum Gasteiger partial charge on any atom is 2.00 e. The first-order valence-corrected chi connectivity index (χ1v) is 4.00. The molecular weight excluding hydrogens is 446 g/mol. The van der Waals surface area contributed by atoms with E-state index in [1.165, 1.54) is 0 Å². The third-order valence-corrected chi connectivity index (χ3v) is 0. The summed E-state index contributed by atoms with van der Waals surface area (Å²) in [6.45, 7) is 0. The molecule has 8 nitrogen and oxygen atoms in total. The largest absolute Gasteiger partial charge is 2.00 e. The van der Waals surface area contributed by atoms with Gasteiger partial charge in [0, 0.05) is 20.8 Å². The molecule has 14 heteroatoms. The fourth-order valence-electron chi connectivity index (χ4n) is 0. The minimum atomic E-state index is -5.17. The van der Waals surface area contributed by atoms with E-state index in [4.69, 9.17) is 35.0 Å². The van der Waals surface area contributed by atoms with Crippen molar-refractivity contribution in [1.82, 2.24) is 0 Å². The molecule has 0 aromatic carbocycles. The Morgan fingerprint density at radius 3 is 0.714 bits per heavy atom. The van der Waals surface area contributed by atoms with E-state index in [2.05, 4.69) is 0 Å². The van der Waals surface area contributed by atoms with Gasteiger partial charge in [-0.25, -0.2) is 0 Å². The molecule has 0 aliphatic carbocycles. The molecule has 0 aliphatic rings. The fraction of sp³-hybridized carbons (Fsp3) is 0. The second kappa shape index (κ2) is 16.4. The van der Waals surface area contributed by atoms with Crippen molar-refractivity contribution in [1.29, 1.82) is 0 Å². The van der Waals surface area contributed by atoms with E-state index >= 15 is 0 Å². The van der Waals surface area contributed by atoms with Gasteiger partial charge >= 0.3 is 91.5 Å². The molecule has 0 fully saturated rings. The first-order chi connectivity index (χ1) is 4.00. The molecule has 14 heavy (non-hydrogen) atoms. The zero-order chi connectivity index (χ0) is 9.00. The van der Waals surface area contributed by atoms with Crippen LogP contribution < -0.4 is 75.4 Å². The molecule has 0 bridgehead atoms. The summed E-state index contributed by atoms with van der Waals surface area (Å²) in [6, 6.07) is 0. The summed E-state index contributed by atoms with van der Waals surface area (Å²) in [5.74, 6) is 0. The van der Waals surface area contributed by atoms with Gasteiger partial charge < -0.3 is 42.2 Å². The van der Waals surface area contributed by atoms with Gasteiger partial charge in [0.25, 0.3) is 0 Å². The summed E-state index contributed by atoms with van der Waals surface area (Å²) in [6.07, 6.45) is 0. The first-order valence-electron chi connectivity index (χ1n) is 1.33. The zero-order valence-corrected chi connectivity index (χ0v) is 15.7. The Balaban J connectivity index is -0.0000000178. The maximum atomic E-state index is 8.52. The zero-order valence-electron chi connectivity index (χ0n) is 6.47. The molecule has 0 aromatic heterocycles. The maximum absolute atomic E-state index is 8.52. The predicted octanol–water partition coefficient (Wildman–Crippen LogP) is -9.05. The van der Waals surface area contributed by atoms with Crippen LogP contribution in [0, 0.1) is 0 Å². The Kier molecular flexibility index (Phi) is 42.2. The molecule has 0 unspecified atom stereocenters. The topological polar surface area (TPSA) is 161 Å². The summed E-state index contributed by atoms with van der Waals surface area (Å²) in [5.41, 5.74) is 0. The predicted molar refractivity (Wildman–Crippen MR) is 26.7 cm³/mol. The summed E-state index contributed by atoms with van der Waals surface area (Å²) in [7, 11) is -10.3. The van der Waals surface area contributed by atoms with E-state index in [0.29, 0.717) is 0 Å². The van der Waals surface area contributed by atoms with Crippen LogP contribution in [-0.4, -0.2) is 58.1 Å². The molecule has 81 valence electrons. The normalized spacial score (nSPS) is 8.29. The van der Waals surface area contributed by atoms with Crippen molar-refractivity contribution in [3.05, 3.63) is 0 Å². The summed E-state index contributed by atoms with van der Waals surface area (Å²) < 4.78 is 68.2. The van der Waals surface area contributed by atoms with Gasteiger partial charge in [-0.15, -0.1) is 0 Å². The molecule has 0 aromatic rings. The van der Waals surface area contributed by atoms with Crippen LogP contribution >= 0.6 is 0 Å². The van der Waals surface area contributed by atoms with Crippen LogP contribution in [-0.2, 0) is 37.9 Å². The van der Waals surface area contributed by atoms with Crippen LogP contribution in [0.5, 0.6) is 0 Å². The van der Waals surface area contributed by atoms with Crippen molar-refractivity contribution < 1.29 is 127 Å². The van der Waals surface area contributed by atoms with Crippen LogP contribution in [0.4, 0.5) is 0 Å². The fourth-order valence-corrected chi connectivity index (χ4v) is 0. The quantitative estimate of drug-likeness (QED) is 0.154. The van der Waals surface area contributed by atoms with Gasteiger partial charge in [-0.3, -0.25) is 16.8 Å². The third kappa shape index (κ3) is 277. The van der Waals surface area contributed by atoms with E-state index in [-0.39, 0.29) is 115 Å². The number of hydrogen-bond donors (Lipinski definition) is 0. The van der Waals surface area contributed by atoms with Gasteiger partial charge in [0.05, 0.1) is 0 Å². The summed E-state index contributed by atoms with van der Waals surface area (Å²) >= 11 is 0. The second-order valence-corrected chi connectivity index (χ2v) is 2.45. The Morgan fingerprint density at radius 2 is 0.714 bits per heavy atom. The van der Waals surface area contributed by atoms with Gasteiger partial charge in [-0.2, -0.15) is 0 Å². The molecule has 0 amide bonds. The molecule has 0 aliphatic heterocycles. The monoisotopic (exact) mass is 445 g/mol. The first kappa shape index (κ1) is 36.0. The minimum Gasteiger partial charge on any atom is -1.00 e. The summed E-state index contributed by atoms with van der Waals surface area (Å²) in [5, 5.41) is 0. The van der Waals surface area contributed by atoms with E-state index < -0.39 is 20.8 Å². The average molecular weight is 446 g/mol. The minimum absolute atomic E-state index is 0. The standard InChI is InChI=1S/Cu.HI.K.Mg.2H2O4S/c;;;;2*1-5(2,3)4/h;1H;;;2*(H2,1,2,3,4)/q+2;;+1;+2;;/p-5. The van der Waals surface area contributed by atoms with Crippen molar-refractivity contribution in [3.63, 3.8) is 0 Å². The van der Waals surface area contributed by atoms with Crippen molar-refractivity contribution in [3.8, 4) is 0 Å². The average Bonchev–Trinajstić information content (AvgIpc) is 1.12. The van der Waals surface area contributed by atoms with Crippen molar-refractivity contribution in [2.75, 3.05) is 0 Å². The molecule has 0 atom stereocenters. The smallest absolute Gasteiger partial charge is 1.00 e. The van der Waals surface area contributed by atoms with Gasteiger partial charge in [-0.1, -0.05) is 0 Å². The Labute approximate surface area is 168 Å². The second-order valence-electron chi connectivity index (χ2n) is 0.816. The molecule has 1 radical (unpaired) electrons. The van der Waals surface area contributed by atoms with Crippen LogP contribution in [0.3, 0.4) is 0 Å². The summed E-state index contributed by atoms with van der Waals surface area (Å²) in [4.78, 5) is 0. The van der Waals surface area contributed by atoms with E-state index in [0.717, 1.165) is 0 Å². The van der Waals surface area contributed by atoms with E-state index in [9.17, 15) is 0 Å². The van der Waals surface area contributed by atoms with Crippen LogP contribution in [0.15, 0.2) is 0 Å². The number of halogens is 1. The van der Waals surface area contributed by atoms with Crippen molar-refractivity contribution in [2.45, 2.75) is 0 Å². The molecular formula is CuIKMgO8S2. The Morgan fingerprint density at radius 1 is 0.714 bits per heavy atom. The molecule has 0 saturated carbocycles. The van der Waals surface area contributed by atoms with E-state index in [1.807, 2.05) is 0 Å². The molecule has 0 saturated heterocycles. The molecule has 0 N–H and O–H groups in total. The van der Waals surface area contributed by atoms with Crippen molar-refractivity contribution >= 4 is 43.9 Å². The Hall–Kier alpha value is 3.39. The van der Waals surface area contributed by atoms with Crippen molar-refractivity contribution in [2.24, 2.45) is 0 Å². The van der Waals surface area contributed by atoms with Gasteiger partial charge in [0.2, 0.25) is 0 Å².